The summed E-state index contributed by atoms with van der Waals surface area (Å²) in [6, 6.07) is 7.22. The summed E-state index contributed by atoms with van der Waals surface area (Å²) in [5.41, 5.74) is -0.984. The summed E-state index contributed by atoms with van der Waals surface area (Å²) >= 11 is 0. The number of benzene rings is 1. The molecule has 128 valence electrons. The molecule has 1 amide bonds. The fourth-order valence-corrected chi connectivity index (χ4v) is 4.88. The number of sulfone groups is 1. The average molecular weight is 349 g/mol. The van der Waals surface area contributed by atoms with Crippen LogP contribution in [-0.2, 0) is 14.6 Å². The van der Waals surface area contributed by atoms with Gasteiger partial charge in [-0.15, -0.1) is 0 Å². The van der Waals surface area contributed by atoms with Crippen LogP contribution in [0.1, 0.15) is 31.2 Å². The zero-order valence-electron chi connectivity index (χ0n) is 12.6. The Hall–Kier alpha value is -1.57. The molecule has 1 saturated heterocycles. The molecule has 1 N–H and O–H groups in total. The molecule has 1 aromatic carbocycles. The average Bonchev–Trinajstić information content (AvgIpc) is 2.69. The van der Waals surface area contributed by atoms with Gasteiger partial charge in [-0.1, -0.05) is 30.3 Å². The van der Waals surface area contributed by atoms with Crippen molar-refractivity contribution in [2.75, 3.05) is 11.5 Å². The Morgan fingerprint density at radius 3 is 2.39 bits per heavy atom. The summed E-state index contributed by atoms with van der Waals surface area (Å²) in [4.78, 5) is 12.0. The lowest BCUT2D eigenvalue weighted by atomic mass is 9.93. The summed E-state index contributed by atoms with van der Waals surface area (Å²) in [5.74, 6) is -3.01. The highest BCUT2D eigenvalue weighted by Gasteiger charge is 2.44. The van der Waals surface area contributed by atoms with E-state index >= 15 is 0 Å². The molecule has 8 heteroatoms. The van der Waals surface area contributed by atoms with Crippen molar-refractivity contribution in [3.05, 3.63) is 35.9 Å². The normalized spacial score (nSPS) is 25.0. The van der Waals surface area contributed by atoms with E-state index in [0.717, 1.165) is 0 Å². The van der Waals surface area contributed by atoms with Crippen LogP contribution in [0.2, 0.25) is 0 Å². The molecule has 2 rings (SSSR count). The Morgan fingerprint density at radius 1 is 1.30 bits per heavy atom. The first-order chi connectivity index (χ1) is 10.5. The van der Waals surface area contributed by atoms with Crippen LogP contribution < -0.4 is 5.32 Å². The maximum atomic E-state index is 13.2. The van der Waals surface area contributed by atoms with Gasteiger partial charge < -0.3 is 5.32 Å². The number of carbonyl (C=O) groups excluding carboxylic acids is 1. The first kappa shape index (κ1) is 17.8. The second-order valence-electron chi connectivity index (χ2n) is 6.16. The summed E-state index contributed by atoms with van der Waals surface area (Å²) in [6.07, 6.45) is -5.10. The largest absolute Gasteiger partial charge is 0.396 e. The van der Waals surface area contributed by atoms with E-state index in [1.54, 1.807) is 13.0 Å². The van der Waals surface area contributed by atoms with E-state index in [4.69, 9.17) is 0 Å². The van der Waals surface area contributed by atoms with Crippen LogP contribution in [0.15, 0.2) is 30.3 Å². The van der Waals surface area contributed by atoms with Gasteiger partial charge >= 0.3 is 6.18 Å². The second-order valence-corrected chi connectivity index (χ2v) is 8.34. The lowest BCUT2D eigenvalue weighted by Crippen LogP contribution is -2.47. The molecule has 4 nitrogen and oxygen atoms in total. The Labute approximate surface area is 133 Å². The van der Waals surface area contributed by atoms with Crippen LogP contribution in [0.5, 0.6) is 0 Å². The van der Waals surface area contributed by atoms with Gasteiger partial charge in [-0.2, -0.15) is 13.2 Å². The third-order valence-electron chi connectivity index (χ3n) is 3.93. The summed E-state index contributed by atoms with van der Waals surface area (Å²) in [7, 11) is -3.25. The van der Waals surface area contributed by atoms with Crippen molar-refractivity contribution in [2.24, 2.45) is 0 Å². The van der Waals surface area contributed by atoms with Crippen molar-refractivity contribution in [1.29, 1.82) is 0 Å². The number of nitrogens with one attached hydrogen (secondary N) is 1. The monoisotopic (exact) mass is 349 g/mol. The van der Waals surface area contributed by atoms with Gasteiger partial charge in [0.1, 0.15) is 0 Å². The molecule has 0 aliphatic carbocycles. The molecular weight excluding hydrogens is 331 g/mol. The van der Waals surface area contributed by atoms with Crippen molar-refractivity contribution in [1.82, 2.24) is 5.32 Å². The van der Waals surface area contributed by atoms with E-state index in [1.807, 2.05) is 0 Å². The van der Waals surface area contributed by atoms with E-state index in [-0.39, 0.29) is 23.5 Å². The van der Waals surface area contributed by atoms with Gasteiger partial charge in [-0.25, -0.2) is 8.42 Å². The van der Waals surface area contributed by atoms with E-state index < -0.39 is 39.8 Å². The van der Waals surface area contributed by atoms with Crippen molar-refractivity contribution in [2.45, 2.75) is 37.4 Å². The van der Waals surface area contributed by atoms with Crippen LogP contribution >= 0.6 is 0 Å². The molecule has 0 saturated carbocycles. The number of hydrogen-bond donors (Lipinski definition) is 1. The molecule has 2 atom stereocenters. The zero-order chi connectivity index (χ0) is 17.3. The highest BCUT2D eigenvalue weighted by Crippen LogP contribution is 2.37. The number of rotatable bonds is 4. The fraction of sp³-hybridized carbons (Fsp3) is 0.533. The maximum Gasteiger partial charge on any atom is 0.396 e. The Bertz CT molecular complexity index is 673. The van der Waals surface area contributed by atoms with Crippen molar-refractivity contribution in [3.8, 4) is 0 Å². The molecule has 0 unspecified atom stereocenters. The van der Waals surface area contributed by atoms with Crippen molar-refractivity contribution >= 4 is 15.7 Å². The minimum Gasteiger partial charge on any atom is -0.350 e. The summed E-state index contributed by atoms with van der Waals surface area (Å²) in [5, 5.41) is 2.47. The molecule has 1 aromatic rings. The first-order valence-electron chi connectivity index (χ1n) is 7.14. The Kier molecular flexibility index (Phi) is 4.75. The van der Waals surface area contributed by atoms with Crippen LogP contribution in [0.4, 0.5) is 13.2 Å². The van der Waals surface area contributed by atoms with Crippen LogP contribution in [0.25, 0.3) is 0 Å². The second kappa shape index (κ2) is 6.14. The number of amides is 1. The van der Waals surface area contributed by atoms with E-state index in [9.17, 15) is 26.4 Å². The van der Waals surface area contributed by atoms with Gasteiger partial charge in [-0.05, 0) is 18.9 Å². The molecule has 23 heavy (non-hydrogen) atoms. The minimum atomic E-state index is -4.55. The summed E-state index contributed by atoms with van der Waals surface area (Å²) in [6.45, 7) is 1.54. The molecule has 1 heterocycles. The third-order valence-corrected chi connectivity index (χ3v) is 5.83. The predicted molar refractivity (Wildman–Crippen MR) is 79.7 cm³/mol. The maximum absolute atomic E-state index is 13.2. The number of alkyl halides is 3. The molecule has 1 aliphatic rings. The quantitative estimate of drug-likeness (QED) is 0.908. The highest BCUT2D eigenvalue weighted by atomic mass is 32.2. The molecular formula is C15H18F3NO3S. The molecule has 0 radical (unpaired) electrons. The topological polar surface area (TPSA) is 63.2 Å². The van der Waals surface area contributed by atoms with Gasteiger partial charge in [0.25, 0.3) is 0 Å². The number of carbonyl (C=O) groups is 1. The van der Waals surface area contributed by atoms with Crippen LogP contribution in [0.3, 0.4) is 0 Å². The van der Waals surface area contributed by atoms with Gasteiger partial charge in [0.05, 0.1) is 23.0 Å². The van der Waals surface area contributed by atoms with E-state index in [2.05, 4.69) is 5.32 Å². The number of halogens is 3. The van der Waals surface area contributed by atoms with Crippen LogP contribution in [0, 0.1) is 0 Å². The van der Waals surface area contributed by atoms with E-state index in [0.29, 0.717) is 0 Å². The SMILES string of the molecule is C[C@@]1(NC(=O)C[C@H](c2ccccc2)C(F)(F)F)CCS(=O)(=O)C1. The summed E-state index contributed by atoms with van der Waals surface area (Å²) < 4.78 is 62.7. The first-order valence-corrected chi connectivity index (χ1v) is 8.96. The van der Waals surface area contributed by atoms with Crippen molar-refractivity contribution < 1.29 is 26.4 Å². The van der Waals surface area contributed by atoms with E-state index in [1.165, 1.54) is 24.3 Å². The molecule has 0 spiro atoms. The standard InChI is InChI=1S/C15H18F3NO3S/c1-14(7-8-23(21,22)10-14)19-13(20)9-12(15(16,17)18)11-5-3-2-4-6-11/h2-6,12H,7-10H2,1H3,(H,19,20)/t12-,14-/m1/s1. The van der Waals surface area contributed by atoms with Gasteiger partial charge in [-0.3, -0.25) is 4.79 Å². The Balaban J connectivity index is 2.10. The predicted octanol–water partition coefficient (Wildman–Crippen LogP) is 2.42. The third kappa shape index (κ3) is 4.70. The molecule has 0 aromatic heterocycles. The smallest absolute Gasteiger partial charge is 0.350 e. The minimum absolute atomic E-state index is 0.0133. The van der Waals surface area contributed by atoms with Crippen molar-refractivity contribution in [3.63, 3.8) is 0 Å². The van der Waals surface area contributed by atoms with Gasteiger partial charge in [0.2, 0.25) is 5.91 Å². The molecule has 0 bridgehead atoms. The Morgan fingerprint density at radius 2 is 1.91 bits per heavy atom. The lowest BCUT2D eigenvalue weighted by Gasteiger charge is -2.26. The molecule has 1 aliphatic heterocycles. The van der Waals surface area contributed by atoms with Crippen LogP contribution in [-0.4, -0.2) is 37.5 Å². The zero-order valence-corrected chi connectivity index (χ0v) is 13.4. The number of hydrogen-bond acceptors (Lipinski definition) is 3. The lowest BCUT2D eigenvalue weighted by molar-refractivity contribution is -0.157. The molecule has 1 fully saturated rings. The van der Waals surface area contributed by atoms with Gasteiger partial charge in [0, 0.05) is 6.42 Å². The highest BCUT2D eigenvalue weighted by molar-refractivity contribution is 7.91. The fourth-order valence-electron chi connectivity index (χ4n) is 2.79. The van der Waals surface area contributed by atoms with Gasteiger partial charge in [0.15, 0.2) is 9.84 Å².